The van der Waals surface area contributed by atoms with Crippen molar-refractivity contribution in [3.05, 3.63) is 62.5 Å². The van der Waals surface area contributed by atoms with E-state index in [-0.39, 0.29) is 40.9 Å². The number of nitrogens with zero attached hydrogens (tertiary/aromatic N) is 1. The molecule has 29 heavy (non-hydrogen) atoms. The van der Waals surface area contributed by atoms with Crippen LogP contribution in [0.25, 0.3) is 0 Å². The van der Waals surface area contributed by atoms with Gasteiger partial charge in [0.25, 0.3) is 0 Å². The van der Waals surface area contributed by atoms with Crippen LogP contribution in [0.1, 0.15) is 31.4 Å². The molecule has 0 spiro atoms. The molecule has 5 nitrogen and oxygen atoms in total. The average Bonchev–Trinajstić information content (AvgIpc) is 2.70. The summed E-state index contributed by atoms with van der Waals surface area (Å²) in [5.74, 6) is -0.285. The van der Waals surface area contributed by atoms with Crippen LogP contribution in [-0.2, 0) is 14.8 Å². The summed E-state index contributed by atoms with van der Waals surface area (Å²) < 4.78 is 28.2. The predicted octanol–water partition coefficient (Wildman–Crippen LogP) is 5.03. The van der Waals surface area contributed by atoms with Gasteiger partial charge in [0, 0.05) is 28.5 Å². The minimum atomic E-state index is -3.75. The maximum Gasteiger partial charge on any atom is 0.244 e. The Morgan fingerprint density at radius 1 is 1.14 bits per heavy atom. The molecule has 1 fully saturated rings. The topological polar surface area (TPSA) is 66.5 Å². The summed E-state index contributed by atoms with van der Waals surface area (Å²) in [7, 11) is -3.75. The van der Waals surface area contributed by atoms with E-state index in [9.17, 15) is 13.2 Å². The van der Waals surface area contributed by atoms with E-state index in [2.05, 4.69) is 21.2 Å². The number of sulfonamides is 1. The lowest BCUT2D eigenvalue weighted by atomic mass is 9.96. The highest BCUT2D eigenvalue weighted by atomic mass is 79.9. The van der Waals surface area contributed by atoms with Crippen LogP contribution in [0.5, 0.6) is 0 Å². The van der Waals surface area contributed by atoms with Crippen LogP contribution < -0.4 is 5.32 Å². The SMILES string of the molecule is C[C@@H](NC(=O)C1CCN(S(=O)(=O)c2cc(Cl)ccc2Cl)CC1)c1ccc(Br)cc1. The van der Waals surface area contributed by atoms with Crippen molar-refractivity contribution in [1.29, 1.82) is 0 Å². The molecule has 0 bridgehead atoms. The minimum Gasteiger partial charge on any atom is -0.349 e. The highest BCUT2D eigenvalue weighted by Crippen LogP contribution is 2.30. The fraction of sp³-hybridized carbons (Fsp3) is 0.350. The Balaban J connectivity index is 1.61. The van der Waals surface area contributed by atoms with E-state index in [1.165, 1.54) is 16.4 Å². The molecule has 1 atom stereocenters. The first-order valence-corrected chi connectivity index (χ1v) is 12.2. The molecule has 1 aliphatic rings. The van der Waals surface area contributed by atoms with Gasteiger partial charge in [0.1, 0.15) is 4.90 Å². The molecule has 2 aromatic rings. The Kier molecular flexibility index (Phi) is 7.27. The molecule has 2 aromatic carbocycles. The number of halogens is 3. The van der Waals surface area contributed by atoms with Crippen molar-refractivity contribution >= 4 is 55.1 Å². The Morgan fingerprint density at radius 2 is 1.76 bits per heavy atom. The second-order valence-electron chi connectivity index (χ2n) is 7.03. The molecule has 9 heteroatoms. The van der Waals surface area contributed by atoms with Crippen LogP contribution in [0, 0.1) is 5.92 Å². The van der Waals surface area contributed by atoms with Crippen molar-refractivity contribution in [2.75, 3.05) is 13.1 Å². The predicted molar refractivity (Wildman–Crippen MR) is 119 cm³/mol. The summed E-state index contributed by atoms with van der Waals surface area (Å²) in [5, 5.41) is 3.47. The summed E-state index contributed by atoms with van der Waals surface area (Å²) in [6, 6.07) is 12.0. The lowest BCUT2D eigenvalue weighted by molar-refractivity contribution is -0.126. The fourth-order valence-corrected chi connectivity index (χ4v) is 5.81. The van der Waals surface area contributed by atoms with Crippen molar-refractivity contribution in [3.8, 4) is 0 Å². The molecule has 0 saturated carbocycles. The smallest absolute Gasteiger partial charge is 0.244 e. The van der Waals surface area contributed by atoms with Gasteiger partial charge in [-0.15, -0.1) is 0 Å². The Hall–Kier alpha value is -1.12. The number of hydrogen-bond donors (Lipinski definition) is 1. The molecular weight excluding hydrogens is 499 g/mol. The van der Waals surface area contributed by atoms with Crippen LogP contribution in [-0.4, -0.2) is 31.7 Å². The molecule has 3 rings (SSSR count). The highest BCUT2D eigenvalue weighted by Gasteiger charge is 2.33. The standard InChI is InChI=1S/C20H21BrCl2N2O3S/c1-13(14-2-4-16(21)5-3-14)24-20(26)15-8-10-25(11-9-15)29(27,28)19-12-17(22)6-7-18(19)23/h2-7,12-13,15H,8-11H2,1H3,(H,24,26)/t13-/m1/s1. The maximum atomic E-state index is 12.9. The number of piperidine rings is 1. The lowest BCUT2D eigenvalue weighted by Gasteiger charge is -2.31. The number of carbonyl (C=O) groups is 1. The number of carbonyl (C=O) groups excluding carboxylic acids is 1. The largest absolute Gasteiger partial charge is 0.349 e. The number of nitrogens with one attached hydrogen (secondary N) is 1. The van der Waals surface area contributed by atoms with Gasteiger partial charge in [0.05, 0.1) is 11.1 Å². The van der Waals surface area contributed by atoms with Gasteiger partial charge in [-0.2, -0.15) is 4.31 Å². The first-order chi connectivity index (χ1) is 13.7. The zero-order valence-corrected chi connectivity index (χ0v) is 19.7. The quantitative estimate of drug-likeness (QED) is 0.602. The van der Waals surface area contributed by atoms with Crippen molar-refractivity contribution in [2.45, 2.75) is 30.7 Å². The third-order valence-corrected chi connectivity index (χ3v) is 8.21. The monoisotopic (exact) mass is 518 g/mol. The van der Waals surface area contributed by atoms with Crippen LogP contribution >= 0.6 is 39.1 Å². The summed E-state index contributed by atoms with van der Waals surface area (Å²) in [6.45, 7) is 2.45. The van der Waals surface area contributed by atoms with Crippen molar-refractivity contribution in [1.82, 2.24) is 9.62 Å². The molecule has 0 unspecified atom stereocenters. The summed E-state index contributed by atoms with van der Waals surface area (Å²) >= 11 is 15.4. The van der Waals surface area contributed by atoms with Crippen molar-refractivity contribution in [3.63, 3.8) is 0 Å². The number of hydrogen-bond acceptors (Lipinski definition) is 3. The number of rotatable bonds is 5. The normalized spacial score (nSPS) is 17.1. The van der Waals surface area contributed by atoms with Crippen LogP contribution in [0.4, 0.5) is 0 Å². The molecule has 1 amide bonds. The summed E-state index contributed by atoms with van der Waals surface area (Å²) in [5.41, 5.74) is 1.01. The van der Waals surface area contributed by atoms with E-state index in [0.717, 1.165) is 10.0 Å². The minimum absolute atomic E-state index is 0.00145. The Labute approximate surface area is 189 Å². The molecule has 0 aliphatic carbocycles. The first kappa shape index (κ1) is 22.6. The van der Waals surface area contributed by atoms with Crippen molar-refractivity contribution < 1.29 is 13.2 Å². The lowest BCUT2D eigenvalue weighted by Crippen LogP contribution is -2.43. The van der Waals surface area contributed by atoms with E-state index in [1.54, 1.807) is 6.07 Å². The van der Waals surface area contributed by atoms with Gasteiger partial charge >= 0.3 is 0 Å². The zero-order chi connectivity index (χ0) is 21.2. The van der Waals surface area contributed by atoms with Crippen LogP contribution in [0.15, 0.2) is 51.8 Å². The van der Waals surface area contributed by atoms with Gasteiger partial charge in [0.2, 0.25) is 15.9 Å². The van der Waals surface area contributed by atoms with Crippen LogP contribution in [0.3, 0.4) is 0 Å². The summed E-state index contributed by atoms with van der Waals surface area (Å²) in [4.78, 5) is 12.6. The van der Waals surface area contributed by atoms with Gasteiger partial charge in [-0.1, -0.05) is 51.3 Å². The van der Waals surface area contributed by atoms with E-state index < -0.39 is 10.0 Å². The molecule has 156 valence electrons. The molecule has 0 radical (unpaired) electrons. The first-order valence-electron chi connectivity index (χ1n) is 9.19. The van der Waals surface area contributed by atoms with Gasteiger partial charge in [-0.3, -0.25) is 4.79 Å². The summed E-state index contributed by atoms with van der Waals surface area (Å²) in [6.07, 6.45) is 0.909. The Morgan fingerprint density at radius 3 is 2.38 bits per heavy atom. The van der Waals surface area contributed by atoms with E-state index >= 15 is 0 Å². The molecule has 1 heterocycles. The molecular formula is C20H21BrCl2N2O3S. The average molecular weight is 520 g/mol. The molecule has 1 aliphatic heterocycles. The van der Waals surface area contributed by atoms with Crippen LogP contribution in [0.2, 0.25) is 10.0 Å². The fourth-order valence-electron chi connectivity index (χ4n) is 3.34. The number of benzene rings is 2. The van der Waals surface area contributed by atoms with Gasteiger partial charge in [-0.05, 0) is 55.7 Å². The third kappa shape index (κ3) is 5.33. The maximum absolute atomic E-state index is 12.9. The van der Waals surface area contributed by atoms with Gasteiger partial charge in [-0.25, -0.2) is 8.42 Å². The second-order valence-corrected chi connectivity index (χ2v) is 10.7. The van der Waals surface area contributed by atoms with E-state index in [0.29, 0.717) is 17.9 Å². The second kappa shape index (κ2) is 9.35. The third-order valence-electron chi connectivity index (χ3n) is 5.06. The zero-order valence-electron chi connectivity index (χ0n) is 15.7. The highest BCUT2D eigenvalue weighted by molar-refractivity contribution is 9.10. The van der Waals surface area contributed by atoms with Crippen molar-refractivity contribution in [2.24, 2.45) is 5.92 Å². The number of amides is 1. The Bertz CT molecular complexity index is 991. The van der Waals surface area contributed by atoms with Gasteiger partial charge < -0.3 is 5.32 Å². The molecule has 1 N–H and O–H groups in total. The van der Waals surface area contributed by atoms with E-state index in [4.69, 9.17) is 23.2 Å². The van der Waals surface area contributed by atoms with Gasteiger partial charge in [0.15, 0.2) is 0 Å². The molecule has 1 saturated heterocycles. The molecule has 0 aromatic heterocycles. The van der Waals surface area contributed by atoms with E-state index in [1.807, 2.05) is 31.2 Å².